The fourth-order valence-corrected chi connectivity index (χ4v) is 2.35. The average Bonchev–Trinajstić information content (AvgIpc) is 2.47. The molecule has 0 amide bonds. The summed E-state index contributed by atoms with van der Waals surface area (Å²) in [5.74, 6) is 1.35. The maximum absolute atomic E-state index is 5.84. The number of allylic oxidation sites excluding steroid dienone is 4. The predicted octanol–water partition coefficient (Wildman–Crippen LogP) is 3.28. The van der Waals surface area contributed by atoms with E-state index in [4.69, 9.17) is 11.6 Å². The third kappa shape index (κ3) is 1.24. The summed E-state index contributed by atoms with van der Waals surface area (Å²) < 4.78 is 0. The summed E-state index contributed by atoms with van der Waals surface area (Å²) >= 11 is 5.84. The highest BCUT2D eigenvalue weighted by molar-refractivity contribution is 6.18. The minimum Gasteiger partial charge on any atom is -0.126 e. The molecular weight excluding hydrogens is 156 g/mol. The van der Waals surface area contributed by atoms with Crippen LogP contribution in [-0.2, 0) is 0 Å². The molecule has 0 nitrogen and oxygen atoms in total. The predicted molar refractivity (Wildman–Crippen MR) is 48.8 cm³/mol. The molecule has 60 valence electrons. The first kappa shape index (κ1) is 7.42. The first-order valence-electron chi connectivity index (χ1n) is 4.38. The molecule has 2 aliphatic carbocycles. The van der Waals surface area contributed by atoms with Gasteiger partial charge in [-0.15, -0.1) is 11.6 Å². The summed E-state index contributed by atoms with van der Waals surface area (Å²) in [4.78, 5) is 0. The molecule has 1 unspecified atom stereocenters. The van der Waals surface area contributed by atoms with Crippen LogP contribution in [0.3, 0.4) is 0 Å². The van der Waals surface area contributed by atoms with Crippen molar-refractivity contribution in [1.29, 1.82) is 0 Å². The van der Waals surface area contributed by atoms with E-state index >= 15 is 0 Å². The maximum Gasteiger partial charge on any atom is 0.0324 e. The van der Waals surface area contributed by atoms with Gasteiger partial charge < -0.3 is 0 Å². The van der Waals surface area contributed by atoms with Crippen LogP contribution in [0.2, 0.25) is 0 Å². The number of rotatable bonds is 1. The molecule has 1 heteroatoms. The van der Waals surface area contributed by atoms with Crippen molar-refractivity contribution >= 4 is 11.6 Å². The van der Waals surface area contributed by atoms with Gasteiger partial charge in [0, 0.05) is 11.8 Å². The van der Waals surface area contributed by atoms with Crippen LogP contribution in [0.15, 0.2) is 23.3 Å². The lowest BCUT2D eigenvalue weighted by molar-refractivity contribution is 0.647. The van der Waals surface area contributed by atoms with Crippen LogP contribution in [0, 0.1) is 5.92 Å². The number of hydrogen-bond acceptors (Lipinski definition) is 0. The summed E-state index contributed by atoms with van der Waals surface area (Å²) in [6.45, 7) is 0. The summed E-state index contributed by atoms with van der Waals surface area (Å²) in [6, 6.07) is 0. The first-order chi connectivity index (χ1) is 5.42. The van der Waals surface area contributed by atoms with E-state index < -0.39 is 0 Å². The van der Waals surface area contributed by atoms with Gasteiger partial charge in [0.2, 0.25) is 0 Å². The van der Waals surface area contributed by atoms with Crippen LogP contribution in [0.5, 0.6) is 0 Å². The van der Waals surface area contributed by atoms with E-state index in [1.54, 1.807) is 11.1 Å². The van der Waals surface area contributed by atoms with Crippen molar-refractivity contribution in [2.75, 3.05) is 5.88 Å². The van der Waals surface area contributed by atoms with Crippen LogP contribution in [0.4, 0.5) is 0 Å². The van der Waals surface area contributed by atoms with Crippen LogP contribution < -0.4 is 0 Å². The molecule has 0 saturated heterocycles. The molecule has 0 aliphatic heterocycles. The van der Waals surface area contributed by atoms with E-state index in [0.717, 1.165) is 5.88 Å². The molecule has 1 atom stereocenters. The molecule has 0 aromatic heterocycles. The second-order valence-electron chi connectivity index (χ2n) is 3.38. The van der Waals surface area contributed by atoms with Gasteiger partial charge in [-0.05, 0) is 31.3 Å². The van der Waals surface area contributed by atoms with E-state index in [-0.39, 0.29) is 0 Å². The minimum atomic E-state index is 0.576. The molecule has 0 heterocycles. The van der Waals surface area contributed by atoms with Crippen molar-refractivity contribution < 1.29 is 0 Å². The molecule has 0 fully saturated rings. The zero-order chi connectivity index (χ0) is 7.68. The lowest BCUT2D eigenvalue weighted by Gasteiger charge is -2.17. The van der Waals surface area contributed by atoms with Crippen molar-refractivity contribution in [3.8, 4) is 0 Å². The minimum absolute atomic E-state index is 0.576. The normalized spacial score (nSPS) is 29.4. The summed E-state index contributed by atoms with van der Waals surface area (Å²) in [6.07, 6.45) is 9.87. The van der Waals surface area contributed by atoms with Crippen molar-refractivity contribution in [3.63, 3.8) is 0 Å². The monoisotopic (exact) mass is 168 g/mol. The Morgan fingerprint density at radius 1 is 1.36 bits per heavy atom. The Morgan fingerprint density at radius 2 is 2.18 bits per heavy atom. The molecule has 0 radical (unpaired) electrons. The lowest BCUT2D eigenvalue weighted by atomic mass is 9.89. The molecule has 2 aliphatic rings. The Balaban J connectivity index is 2.21. The van der Waals surface area contributed by atoms with Crippen molar-refractivity contribution in [3.05, 3.63) is 23.3 Å². The molecule has 2 rings (SSSR count). The Bertz CT molecular complexity index is 213. The van der Waals surface area contributed by atoms with Gasteiger partial charge in [0.25, 0.3) is 0 Å². The van der Waals surface area contributed by atoms with Gasteiger partial charge in [0.1, 0.15) is 0 Å². The highest BCUT2D eigenvalue weighted by atomic mass is 35.5. The van der Waals surface area contributed by atoms with Crippen LogP contribution >= 0.6 is 11.6 Å². The van der Waals surface area contributed by atoms with E-state index in [1.165, 1.54) is 25.7 Å². The molecule has 0 aromatic rings. The van der Waals surface area contributed by atoms with Gasteiger partial charge >= 0.3 is 0 Å². The van der Waals surface area contributed by atoms with Gasteiger partial charge in [-0.2, -0.15) is 0 Å². The molecule has 0 N–H and O–H groups in total. The smallest absolute Gasteiger partial charge is 0.0324 e. The van der Waals surface area contributed by atoms with Crippen molar-refractivity contribution in [1.82, 2.24) is 0 Å². The summed E-state index contributed by atoms with van der Waals surface area (Å²) in [7, 11) is 0. The van der Waals surface area contributed by atoms with Gasteiger partial charge in [-0.3, -0.25) is 0 Å². The second-order valence-corrected chi connectivity index (χ2v) is 3.69. The highest BCUT2D eigenvalue weighted by Gasteiger charge is 2.21. The summed E-state index contributed by atoms with van der Waals surface area (Å²) in [5, 5.41) is 0. The highest BCUT2D eigenvalue weighted by Crippen LogP contribution is 2.36. The number of alkyl halides is 1. The number of hydrogen-bond donors (Lipinski definition) is 0. The Hall–Kier alpha value is -0.230. The van der Waals surface area contributed by atoms with E-state index in [9.17, 15) is 0 Å². The third-order valence-electron chi connectivity index (χ3n) is 2.70. The Kier molecular flexibility index (Phi) is 2.04. The first-order valence-corrected chi connectivity index (χ1v) is 4.91. The largest absolute Gasteiger partial charge is 0.126 e. The Labute approximate surface area is 72.9 Å². The van der Waals surface area contributed by atoms with Crippen LogP contribution in [0.25, 0.3) is 0 Å². The molecule has 11 heavy (non-hydrogen) atoms. The quantitative estimate of drug-likeness (QED) is 0.528. The molecule has 0 aromatic carbocycles. The maximum atomic E-state index is 5.84. The zero-order valence-electron chi connectivity index (χ0n) is 6.65. The van der Waals surface area contributed by atoms with Gasteiger partial charge in [0.05, 0.1) is 0 Å². The SMILES string of the molecule is ClCC1C=CC2=C1CCCC2. The van der Waals surface area contributed by atoms with Crippen LogP contribution in [0.1, 0.15) is 25.7 Å². The second kappa shape index (κ2) is 3.02. The molecular formula is C10H13Cl. The topological polar surface area (TPSA) is 0 Å². The van der Waals surface area contributed by atoms with E-state index in [1.807, 2.05) is 0 Å². The average molecular weight is 169 g/mol. The Morgan fingerprint density at radius 3 is 3.00 bits per heavy atom. The number of halogens is 1. The zero-order valence-corrected chi connectivity index (χ0v) is 7.40. The standard InChI is InChI=1S/C10H13Cl/c11-7-9-6-5-8-3-1-2-4-10(8)9/h5-6,9H,1-4,7H2. The lowest BCUT2D eigenvalue weighted by Crippen LogP contribution is -2.04. The van der Waals surface area contributed by atoms with Crippen LogP contribution in [-0.4, -0.2) is 5.88 Å². The van der Waals surface area contributed by atoms with E-state index in [0.29, 0.717) is 5.92 Å². The van der Waals surface area contributed by atoms with Gasteiger partial charge in [-0.1, -0.05) is 17.7 Å². The molecule has 0 spiro atoms. The molecule has 0 saturated carbocycles. The fourth-order valence-electron chi connectivity index (χ4n) is 2.06. The van der Waals surface area contributed by atoms with Gasteiger partial charge in [0.15, 0.2) is 0 Å². The van der Waals surface area contributed by atoms with Crippen molar-refractivity contribution in [2.24, 2.45) is 5.92 Å². The van der Waals surface area contributed by atoms with E-state index in [2.05, 4.69) is 12.2 Å². The summed E-state index contributed by atoms with van der Waals surface area (Å²) in [5.41, 5.74) is 3.22. The molecule has 0 bridgehead atoms. The van der Waals surface area contributed by atoms with Crippen molar-refractivity contribution in [2.45, 2.75) is 25.7 Å². The van der Waals surface area contributed by atoms with Gasteiger partial charge in [-0.25, -0.2) is 0 Å². The fraction of sp³-hybridized carbons (Fsp3) is 0.600. The third-order valence-corrected chi connectivity index (χ3v) is 3.03.